The minimum Gasteiger partial charge on any atom is -0.459 e. The molecular weight excluding hydrogens is 346 g/mol. The molecule has 2 aliphatic heterocycles. The minimum atomic E-state index is -0.0964. The topological polar surface area (TPSA) is 66.2 Å². The van der Waals surface area contributed by atoms with E-state index in [0.717, 1.165) is 25.8 Å². The van der Waals surface area contributed by atoms with E-state index in [-0.39, 0.29) is 24.5 Å². The summed E-state index contributed by atoms with van der Waals surface area (Å²) < 4.78 is 10.3. The summed E-state index contributed by atoms with van der Waals surface area (Å²) in [6.07, 6.45) is 6.83. The van der Waals surface area contributed by atoms with Gasteiger partial charge >= 0.3 is 0 Å². The Kier molecular flexibility index (Phi) is 7.29. The van der Waals surface area contributed by atoms with Crippen LogP contribution in [0.5, 0.6) is 0 Å². The first-order valence-electron chi connectivity index (χ1n) is 10.0. The lowest BCUT2D eigenvalue weighted by atomic mass is 10.0. The largest absolute Gasteiger partial charge is 0.459 e. The van der Waals surface area contributed by atoms with E-state index in [4.69, 9.17) is 9.15 Å². The smallest absolute Gasteiger partial charge is 0.289 e. The Morgan fingerprint density at radius 1 is 1.26 bits per heavy atom. The Labute approximate surface area is 161 Å². The second-order valence-corrected chi connectivity index (χ2v) is 7.45. The van der Waals surface area contributed by atoms with Crippen LogP contribution in [-0.2, 0) is 9.53 Å². The molecule has 1 aromatic heterocycles. The van der Waals surface area contributed by atoms with Crippen LogP contribution in [0, 0.1) is 0 Å². The molecular formula is C20H31N3O4. The van der Waals surface area contributed by atoms with E-state index in [1.54, 1.807) is 24.1 Å². The highest BCUT2D eigenvalue weighted by Crippen LogP contribution is 2.19. The second kappa shape index (κ2) is 9.90. The van der Waals surface area contributed by atoms with Crippen molar-refractivity contribution < 1.29 is 18.7 Å². The number of methoxy groups -OCH3 is 1. The van der Waals surface area contributed by atoms with Crippen LogP contribution in [0.3, 0.4) is 0 Å². The first-order valence-corrected chi connectivity index (χ1v) is 10.0. The van der Waals surface area contributed by atoms with Crippen molar-refractivity contribution in [3.05, 3.63) is 24.2 Å². The van der Waals surface area contributed by atoms with Crippen LogP contribution < -0.4 is 0 Å². The van der Waals surface area contributed by atoms with Gasteiger partial charge in [0.05, 0.1) is 6.26 Å². The van der Waals surface area contributed by atoms with E-state index in [2.05, 4.69) is 4.90 Å². The Balaban J connectivity index is 1.59. The SMILES string of the molecule is COCC(=O)N(CCCN1CCCC1)C1CCCN(C(=O)c2ccco2)C1. The van der Waals surface area contributed by atoms with E-state index in [9.17, 15) is 9.59 Å². The summed E-state index contributed by atoms with van der Waals surface area (Å²) in [4.78, 5) is 31.5. The van der Waals surface area contributed by atoms with Crippen LogP contribution in [-0.4, -0.2) is 85.5 Å². The zero-order chi connectivity index (χ0) is 19.1. The first kappa shape index (κ1) is 19.9. The lowest BCUT2D eigenvalue weighted by Crippen LogP contribution is -2.53. The van der Waals surface area contributed by atoms with Crippen LogP contribution in [0.25, 0.3) is 0 Å². The van der Waals surface area contributed by atoms with Gasteiger partial charge in [-0.3, -0.25) is 9.59 Å². The number of rotatable bonds is 8. The third-order valence-electron chi connectivity index (χ3n) is 5.52. The fourth-order valence-electron chi connectivity index (χ4n) is 4.14. The number of hydrogen-bond acceptors (Lipinski definition) is 5. The fraction of sp³-hybridized carbons (Fsp3) is 0.700. The number of carbonyl (C=O) groups is 2. The van der Waals surface area contributed by atoms with Crippen LogP contribution in [0.15, 0.2) is 22.8 Å². The Bertz CT molecular complexity index is 598. The molecule has 1 atom stereocenters. The molecule has 0 N–H and O–H groups in total. The maximum atomic E-state index is 12.6. The van der Waals surface area contributed by atoms with Gasteiger partial charge in [0.1, 0.15) is 6.61 Å². The molecule has 0 radical (unpaired) electrons. The fourth-order valence-corrected chi connectivity index (χ4v) is 4.14. The number of furan rings is 1. The van der Waals surface area contributed by atoms with E-state index in [1.807, 2.05) is 4.90 Å². The lowest BCUT2D eigenvalue weighted by Gasteiger charge is -2.39. The molecule has 1 aromatic rings. The molecule has 0 bridgehead atoms. The predicted octanol–water partition coefficient (Wildman–Crippen LogP) is 1.85. The lowest BCUT2D eigenvalue weighted by molar-refractivity contribution is -0.138. The number of amides is 2. The van der Waals surface area contributed by atoms with Gasteiger partial charge in [0.25, 0.3) is 5.91 Å². The number of nitrogens with zero attached hydrogens (tertiary/aromatic N) is 3. The monoisotopic (exact) mass is 377 g/mol. The highest BCUT2D eigenvalue weighted by Gasteiger charge is 2.31. The molecule has 3 rings (SSSR count). The van der Waals surface area contributed by atoms with Crippen molar-refractivity contribution >= 4 is 11.8 Å². The van der Waals surface area contributed by atoms with E-state index in [0.29, 0.717) is 25.4 Å². The number of likely N-dealkylation sites (tertiary alicyclic amines) is 2. The van der Waals surface area contributed by atoms with Crippen LogP contribution in [0.4, 0.5) is 0 Å². The molecule has 2 aliphatic rings. The summed E-state index contributed by atoms with van der Waals surface area (Å²) in [7, 11) is 1.55. The van der Waals surface area contributed by atoms with Gasteiger partial charge < -0.3 is 23.9 Å². The molecule has 7 nitrogen and oxygen atoms in total. The van der Waals surface area contributed by atoms with E-state index >= 15 is 0 Å². The Hall–Kier alpha value is -1.86. The van der Waals surface area contributed by atoms with E-state index in [1.165, 1.54) is 32.2 Å². The zero-order valence-electron chi connectivity index (χ0n) is 16.3. The summed E-state index contributed by atoms with van der Waals surface area (Å²) in [6.45, 7) is 5.42. The van der Waals surface area contributed by atoms with Gasteiger partial charge in [-0.25, -0.2) is 0 Å². The van der Waals surface area contributed by atoms with Gasteiger partial charge in [0, 0.05) is 32.8 Å². The van der Waals surface area contributed by atoms with Crippen LogP contribution in [0.1, 0.15) is 42.7 Å². The van der Waals surface area contributed by atoms with E-state index < -0.39 is 0 Å². The molecule has 2 amide bonds. The minimum absolute atomic E-state index is 0.0104. The van der Waals surface area contributed by atoms with Crippen molar-refractivity contribution in [2.75, 3.05) is 53.0 Å². The standard InChI is InChI=1S/C20H31N3O4/c1-26-16-19(24)23(13-6-11-21-9-2-3-10-21)17-7-4-12-22(15-17)20(25)18-8-5-14-27-18/h5,8,14,17H,2-4,6-7,9-13,15-16H2,1H3. The number of hydrogen-bond donors (Lipinski definition) is 0. The van der Waals surface area contributed by atoms with Gasteiger partial charge in [0.15, 0.2) is 5.76 Å². The van der Waals surface area contributed by atoms with Crippen LogP contribution in [0.2, 0.25) is 0 Å². The Morgan fingerprint density at radius 2 is 2.07 bits per heavy atom. The molecule has 1 unspecified atom stereocenters. The molecule has 0 aromatic carbocycles. The number of carbonyl (C=O) groups excluding carboxylic acids is 2. The maximum absolute atomic E-state index is 12.6. The van der Waals surface area contributed by atoms with Gasteiger partial charge in [-0.2, -0.15) is 0 Å². The molecule has 2 fully saturated rings. The highest BCUT2D eigenvalue weighted by atomic mass is 16.5. The molecule has 2 saturated heterocycles. The van der Waals surface area contributed by atoms with Crippen LogP contribution >= 0.6 is 0 Å². The van der Waals surface area contributed by atoms with Crippen molar-refractivity contribution in [2.45, 2.75) is 38.1 Å². The summed E-state index contributed by atoms with van der Waals surface area (Å²) in [5.74, 6) is 0.275. The van der Waals surface area contributed by atoms with Crippen molar-refractivity contribution in [3.63, 3.8) is 0 Å². The zero-order valence-corrected chi connectivity index (χ0v) is 16.3. The van der Waals surface area contributed by atoms with Crippen molar-refractivity contribution in [3.8, 4) is 0 Å². The van der Waals surface area contributed by atoms with Crippen molar-refractivity contribution in [1.29, 1.82) is 0 Å². The number of ether oxygens (including phenoxy) is 1. The molecule has 7 heteroatoms. The Morgan fingerprint density at radius 3 is 2.78 bits per heavy atom. The highest BCUT2D eigenvalue weighted by molar-refractivity contribution is 5.91. The molecule has 3 heterocycles. The average molecular weight is 377 g/mol. The third kappa shape index (κ3) is 5.32. The van der Waals surface area contributed by atoms with Gasteiger partial charge in [-0.15, -0.1) is 0 Å². The number of piperidine rings is 1. The summed E-state index contributed by atoms with van der Waals surface area (Å²) in [5.41, 5.74) is 0. The molecule has 150 valence electrons. The van der Waals surface area contributed by atoms with Gasteiger partial charge in [0.2, 0.25) is 5.91 Å². The normalized spacial score (nSPS) is 20.8. The summed E-state index contributed by atoms with van der Waals surface area (Å²) in [5, 5.41) is 0. The first-order chi connectivity index (χ1) is 13.2. The van der Waals surface area contributed by atoms with Crippen molar-refractivity contribution in [2.24, 2.45) is 0 Å². The molecule has 0 spiro atoms. The van der Waals surface area contributed by atoms with Gasteiger partial charge in [-0.1, -0.05) is 0 Å². The summed E-state index contributed by atoms with van der Waals surface area (Å²) >= 11 is 0. The molecule has 0 saturated carbocycles. The average Bonchev–Trinajstić information content (AvgIpc) is 3.39. The predicted molar refractivity (Wildman–Crippen MR) is 102 cm³/mol. The summed E-state index contributed by atoms with van der Waals surface area (Å²) in [6, 6.07) is 3.45. The second-order valence-electron chi connectivity index (χ2n) is 7.45. The third-order valence-corrected chi connectivity index (χ3v) is 5.52. The van der Waals surface area contributed by atoms with Gasteiger partial charge in [-0.05, 0) is 63.9 Å². The quantitative estimate of drug-likeness (QED) is 0.692. The van der Waals surface area contributed by atoms with Crippen molar-refractivity contribution in [1.82, 2.24) is 14.7 Å². The molecule has 0 aliphatic carbocycles. The maximum Gasteiger partial charge on any atom is 0.289 e. The molecule has 27 heavy (non-hydrogen) atoms.